The number of carbonyl (C=O) groups is 1. The van der Waals surface area contributed by atoms with Gasteiger partial charge in [0.2, 0.25) is 0 Å². The predicted molar refractivity (Wildman–Crippen MR) is 83.8 cm³/mol. The summed E-state index contributed by atoms with van der Waals surface area (Å²) in [7, 11) is 0. The molecule has 110 valence electrons. The summed E-state index contributed by atoms with van der Waals surface area (Å²) < 4.78 is 19.2. The summed E-state index contributed by atoms with van der Waals surface area (Å²) in [5.74, 6) is -0.296. The van der Waals surface area contributed by atoms with Crippen LogP contribution >= 0.6 is 15.9 Å². The van der Waals surface area contributed by atoms with Crippen LogP contribution in [0.15, 0.2) is 40.9 Å². The van der Waals surface area contributed by atoms with Crippen LogP contribution in [0, 0.1) is 12.7 Å². The molecule has 0 saturated carbocycles. The fraction of sp³-hybridized carbons (Fsp3) is 0.133. The molecule has 0 saturated heterocycles. The average molecular weight is 353 g/mol. The number of halogens is 2. The Morgan fingerprint density at radius 2 is 2.10 bits per heavy atom. The second-order valence-corrected chi connectivity index (χ2v) is 5.36. The summed E-state index contributed by atoms with van der Waals surface area (Å²) in [5.41, 5.74) is 6.92. The first-order valence-corrected chi connectivity index (χ1v) is 6.99. The highest BCUT2D eigenvalue weighted by Gasteiger charge is 2.07. The van der Waals surface area contributed by atoms with Gasteiger partial charge in [0, 0.05) is 5.69 Å². The summed E-state index contributed by atoms with van der Waals surface area (Å²) in [6.07, 6.45) is 0. The SMILES string of the molecule is Cc1ccc(OCC(=O)Nc2ccc(F)c(N)c2)c(Br)c1. The lowest BCUT2D eigenvalue weighted by Gasteiger charge is -2.10. The van der Waals surface area contributed by atoms with E-state index >= 15 is 0 Å². The Bertz CT molecular complexity index is 677. The van der Waals surface area contributed by atoms with Crippen molar-refractivity contribution < 1.29 is 13.9 Å². The van der Waals surface area contributed by atoms with E-state index in [2.05, 4.69) is 21.2 Å². The Labute approximate surface area is 130 Å². The molecule has 0 fully saturated rings. The van der Waals surface area contributed by atoms with Crippen LogP contribution in [0.3, 0.4) is 0 Å². The molecule has 0 aliphatic rings. The number of benzene rings is 2. The lowest BCUT2D eigenvalue weighted by Crippen LogP contribution is -2.20. The van der Waals surface area contributed by atoms with Crippen LogP contribution in [-0.2, 0) is 4.79 Å². The first kappa shape index (κ1) is 15.3. The van der Waals surface area contributed by atoms with Gasteiger partial charge >= 0.3 is 0 Å². The van der Waals surface area contributed by atoms with Gasteiger partial charge in [0.05, 0.1) is 10.2 Å². The molecule has 2 aromatic rings. The monoisotopic (exact) mass is 352 g/mol. The van der Waals surface area contributed by atoms with Gasteiger partial charge in [-0.3, -0.25) is 4.79 Å². The van der Waals surface area contributed by atoms with Crippen molar-refractivity contribution in [3.05, 3.63) is 52.3 Å². The lowest BCUT2D eigenvalue weighted by atomic mass is 10.2. The fourth-order valence-electron chi connectivity index (χ4n) is 1.68. The molecule has 0 bridgehead atoms. The van der Waals surface area contributed by atoms with Crippen LogP contribution in [0.5, 0.6) is 5.75 Å². The molecule has 3 N–H and O–H groups in total. The van der Waals surface area contributed by atoms with Gasteiger partial charge in [0.1, 0.15) is 11.6 Å². The zero-order valence-electron chi connectivity index (χ0n) is 11.3. The number of hydrogen-bond donors (Lipinski definition) is 2. The number of ether oxygens (including phenoxy) is 1. The van der Waals surface area contributed by atoms with E-state index in [9.17, 15) is 9.18 Å². The summed E-state index contributed by atoms with van der Waals surface area (Å²) in [4.78, 5) is 11.8. The zero-order valence-corrected chi connectivity index (χ0v) is 12.9. The highest BCUT2D eigenvalue weighted by atomic mass is 79.9. The van der Waals surface area contributed by atoms with Crippen molar-refractivity contribution in [2.75, 3.05) is 17.7 Å². The molecule has 21 heavy (non-hydrogen) atoms. The number of rotatable bonds is 4. The minimum Gasteiger partial charge on any atom is -0.483 e. The first-order chi connectivity index (χ1) is 9.95. The number of aryl methyl sites for hydroxylation is 1. The van der Waals surface area contributed by atoms with Crippen molar-refractivity contribution >= 4 is 33.2 Å². The smallest absolute Gasteiger partial charge is 0.262 e. The van der Waals surface area contributed by atoms with Crippen molar-refractivity contribution in [3.63, 3.8) is 0 Å². The van der Waals surface area contributed by atoms with E-state index in [1.54, 1.807) is 6.07 Å². The lowest BCUT2D eigenvalue weighted by molar-refractivity contribution is -0.118. The summed E-state index contributed by atoms with van der Waals surface area (Å²) >= 11 is 3.37. The van der Waals surface area contributed by atoms with Crippen molar-refractivity contribution in [2.24, 2.45) is 0 Å². The molecule has 0 radical (unpaired) electrons. The van der Waals surface area contributed by atoms with Gasteiger partial charge in [0.25, 0.3) is 5.91 Å². The zero-order chi connectivity index (χ0) is 15.4. The molecule has 0 unspecified atom stereocenters. The van der Waals surface area contributed by atoms with Crippen LogP contribution < -0.4 is 15.8 Å². The number of nitrogen functional groups attached to an aromatic ring is 1. The van der Waals surface area contributed by atoms with E-state index in [4.69, 9.17) is 10.5 Å². The van der Waals surface area contributed by atoms with Gasteiger partial charge in [-0.2, -0.15) is 0 Å². The minimum atomic E-state index is -0.521. The molecule has 0 spiro atoms. The Morgan fingerprint density at radius 1 is 1.33 bits per heavy atom. The highest BCUT2D eigenvalue weighted by Crippen LogP contribution is 2.25. The van der Waals surface area contributed by atoms with Crippen LogP contribution in [0.25, 0.3) is 0 Å². The van der Waals surface area contributed by atoms with Crippen molar-refractivity contribution in [3.8, 4) is 5.75 Å². The van der Waals surface area contributed by atoms with Crippen molar-refractivity contribution in [2.45, 2.75) is 6.92 Å². The Kier molecular flexibility index (Phi) is 4.80. The number of hydrogen-bond acceptors (Lipinski definition) is 3. The maximum atomic E-state index is 13.0. The number of nitrogens with one attached hydrogen (secondary N) is 1. The number of anilines is 2. The molecule has 0 aliphatic heterocycles. The van der Waals surface area contributed by atoms with E-state index < -0.39 is 5.82 Å². The summed E-state index contributed by atoms with van der Waals surface area (Å²) in [6, 6.07) is 9.55. The molecule has 4 nitrogen and oxygen atoms in total. The molecular weight excluding hydrogens is 339 g/mol. The van der Waals surface area contributed by atoms with Gasteiger partial charge in [-0.1, -0.05) is 6.07 Å². The molecule has 6 heteroatoms. The van der Waals surface area contributed by atoms with Gasteiger partial charge in [-0.25, -0.2) is 4.39 Å². The van der Waals surface area contributed by atoms with Crippen LogP contribution in [-0.4, -0.2) is 12.5 Å². The standard InChI is InChI=1S/C15H14BrFN2O2/c1-9-2-5-14(11(16)6-9)21-8-15(20)19-10-3-4-12(17)13(18)7-10/h2-7H,8,18H2,1H3,(H,19,20). The third kappa shape index (κ3) is 4.19. The van der Waals surface area contributed by atoms with E-state index in [-0.39, 0.29) is 18.2 Å². The third-order valence-electron chi connectivity index (χ3n) is 2.73. The normalized spacial score (nSPS) is 10.2. The van der Waals surface area contributed by atoms with E-state index in [1.807, 2.05) is 19.1 Å². The largest absolute Gasteiger partial charge is 0.483 e. The van der Waals surface area contributed by atoms with Gasteiger partial charge in [-0.05, 0) is 58.7 Å². The second kappa shape index (κ2) is 6.58. The second-order valence-electron chi connectivity index (χ2n) is 4.51. The van der Waals surface area contributed by atoms with Crippen molar-refractivity contribution in [1.29, 1.82) is 0 Å². The summed E-state index contributed by atoms with van der Waals surface area (Å²) in [6.45, 7) is 1.80. The van der Waals surface area contributed by atoms with Crippen LogP contribution in [0.4, 0.5) is 15.8 Å². The van der Waals surface area contributed by atoms with Crippen LogP contribution in [0.1, 0.15) is 5.56 Å². The van der Waals surface area contributed by atoms with Crippen LogP contribution in [0.2, 0.25) is 0 Å². The molecule has 0 heterocycles. The molecule has 2 aromatic carbocycles. The summed E-state index contributed by atoms with van der Waals surface area (Å²) in [5, 5.41) is 2.59. The Hall–Kier alpha value is -2.08. The third-order valence-corrected chi connectivity index (χ3v) is 3.35. The fourth-order valence-corrected chi connectivity index (χ4v) is 2.29. The Morgan fingerprint density at radius 3 is 2.76 bits per heavy atom. The van der Waals surface area contributed by atoms with Gasteiger partial charge in [-0.15, -0.1) is 0 Å². The van der Waals surface area contributed by atoms with Gasteiger partial charge < -0.3 is 15.8 Å². The molecular formula is C15H14BrFN2O2. The topological polar surface area (TPSA) is 64.3 Å². The van der Waals surface area contributed by atoms with Crippen molar-refractivity contribution in [1.82, 2.24) is 0 Å². The molecule has 0 aromatic heterocycles. The Balaban J connectivity index is 1.94. The highest BCUT2D eigenvalue weighted by molar-refractivity contribution is 9.10. The maximum Gasteiger partial charge on any atom is 0.262 e. The molecule has 0 aliphatic carbocycles. The maximum absolute atomic E-state index is 13.0. The molecule has 1 amide bonds. The predicted octanol–water partition coefficient (Wildman–Crippen LogP) is 3.50. The number of nitrogens with two attached hydrogens (primary N) is 1. The minimum absolute atomic E-state index is 0.0185. The van der Waals surface area contributed by atoms with Gasteiger partial charge in [0.15, 0.2) is 6.61 Å². The number of carbonyl (C=O) groups excluding carboxylic acids is 1. The van der Waals surface area contributed by atoms with E-state index in [0.29, 0.717) is 11.4 Å². The first-order valence-electron chi connectivity index (χ1n) is 6.19. The molecule has 2 rings (SSSR count). The molecule has 0 atom stereocenters. The quantitative estimate of drug-likeness (QED) is 0.827. The average Bonchev–Trinajstić information content (AvgIpc) is 2.42. The van der Waals surface area contributed by atoms with E-state index in [0.717, 1.165) is 10.0 Å². The van der Waals surface area contributed by atoms with E-state index in [1.165, 1.54) is 18.2 Å². The number of amides is 1.